The highest BCUT2D eigenvalue weighted by molar-refractivity contribution is 9.10. The summed E-state index contributed by atoms with van der Waals surface area (Å²) in [4.78, 5) is 15.7. The van der Waals surface area contributed by atoms with Gasteiger partial charge in [0.25, 0.3) is 0 Å². The molecule has 0 spiro atoms. The first-order chi connectivity index (χ1) is 8.08. The monoisotopic (exact) mass is 313 g/mol. The van der Waals surface area contributed by atoms with Gasteiger partial charge in [0.15, 0.2) is 5.78 Å². The van der Waals surface area contributed by atoms with Crippen LogP contribution in [0.5, 0.6) is 0 Å². The normalized spacial score (nSPS) is 10.3. The molecule has 0 radical (unpaired) electrons. The van der Waals surface area contributed by atoms with E-state index in [1.54, 1.807) is 18.2 Å². The maximum atomic E-state index is 13.0. The lowest BCUT2D eigenvalue weighted by molar-refractivity contribution is 0.103. The zero-order valence-corrected chi connectivity index (χ0v) is 10.8. The van der Waals surface area contributed by atoms with Crippen LogP contribution in [0.15, 0.2) is 41.1 Å². The van der Waals surface area contributed by atoms with E-state index in [2.05, 4.69) is 20.9 Å². The molecule has 0 N–H and O–H groups in total. The molecule has 0 bridgehead atoms. The van der Waals surface area contributed by atoms with E-state index in [9.17, 15) is 9.18 Å². The van der Waals surface area contributed by atoms with Crippen molar-refractivity contribution in [2.45, 2.75) is 0 Å². The van der Waals surface area contributed by atoms with Crippen LogP contribution in [0, 0.1) is 5.82 Å². The lowest BCUT2D eigenvalue weighted by Crippen LogP contribution is -2.03. The molecule has 2 nitrogen and oxygen atoms in total. The van der Waals surface area contributed by atoms with Crippen molar-refractivity contribution < 1.29 is 9.18 Å². The maximum absolute atomic E-state index is 13.0. The van der Waals surface area contributed by atoms with Gasteiger partial charge >= 0.3 is 0 Å². The maximum Gasteiger partial charge on any atom is 0.196 e. The zero-order valence-electron chi connectivity index (χ0n) is 8.45. The summed E-state index contributed by atoms with van der Waals surface area (Å²) in [6, 6.07) is 6.05. The van der Waals surface area contributed by atoms with Crippen LogP contribution in [0.4, 0.5) is 4.39 Å². The minimum absolute atomic E-state index is 0.171. The quantitative estimate of drug-likeness (QED) is 0.788. The van der Waals surface area contributed by atoms with Gasteiger partial charge in [0, 0.05) is 21.8 Å². The summed E-state index contributed by atoms with van der Waals surface area (Å²) in [7, 11) is 0. The fourth-order valence-corrected chi connectivity index (χ4v) is 1.93. The molecule has 0 aliphatic carbocycles. The largest absolute Gasteiger partial charge is 0.288 e. The van der Waals surface area contributed by atoms with Crippen molar-refractivity contribution in [3.8, 4) is 0 Å². The summed E-state index contributed by atoms with van der Waals surface area (Å²) >= 11 is 9.18. The van der Waals surface area contributed by atoms with Crippen LogP contribution in [0.1, 0.15) is 15.9 Å². The number of aromatic nitrogens is 1. The Hall–Kier alpha value is -1.26. The molecule has 0 aliphatic heterocycles. The van der Waals surface area contributed by atoms with Crippen LogP contribution in [0.2, 0.25) is 5.02 Å². The van der Waals surface area contributed by atoms with Crippen molar-refractivity contribution in [1.29, 1.82) is 0 Å². The first kappa shape index (κ1) is 12.2. The Morgan fingerprint density at radius 3 is 2.76 bits per heavy atom. The molecular formula is C12H6BrClFNO. The van der Waals surface area contributed by atoms with E-state index in [4.69, 9.17) is 11.6 Å². The van der Waals surface area contributed by atoms with Gasteiger partial charge in [-0.15, -0.1) is 0 Å². The van der Waals surface area contributed by atoms with E-state index in [0.717, 1.165) is 16.7 Å². The first-order valence-corrected chi connectivity index (χ1v) is 5.85. The number of pyridine rings is 1. The highest BCUT2D eigenvalue weighted by atomic mass is 79.9. The number of ketones is 1. The number of halogens is 3. The van der Waals surface area contributed by atoms with Gasteiger partial charge < -0.3 is 0 Å². The SMILES string of the molecule is O=C(c1cncc(F)c1)c1cc(Br)ccc1Cl. The minimum Gasteiger partial charge on any atom is -0.288 e. The summed E-state index contributed by atoms with van der Waals surface area (Å²) < 4.78 is 13.7. The third-order valence-corrected chi connectivity index (χ3v) is 2.96. The summed E-state index contributed by atoms with van der Waals surface area (Å²) in [6.45, 7) is 0. The molecule has 5 heteroatoms. The predicted molar refractivity (Wildman–Crippen MR) is 66.8 cm³/mol. The van der Waals surface area contributed by atoms with Crippen molar-refractivity contribution in [1.82, 2.24) is 4.98 Å². The first-order valence-electron chi connectivity index (χ1n) is 4.68. The summed E-state index contributed by atoms with van der Waals surface area (Å²) in [5, 5.41) is 0.322. The van der Waals surface area contributed by atoms with Gasteiger partial charge in [-0.1, -0.05) is 27.5 Å². The molecule has 0 fully saturated rings. The Balaban J connectivity index is 2.47. The average Bonchev–Trinajstić information content (AvgIpc) is 2.31. The molecule has 86 valence electrons. The molecule has 2 aromatic rings. The second kappa shape index (κ2) is 4.94. The van der Waals surface area contributed by atoms with E-state index in [1.807, 2.05) is 0 Å². The van der Waals surface area contributed by atoms with Gasteiger partial charge in [0.2, 0.25) is 0 Å². The smallest absolute Gasteiger partial charge is 0.196 e. The molecular weight excluding hydrogens is 308 g/mol. The Bertz CT molecular complexity index is 588. The molecule has 1 aromatic carbocycles. The number of rotatable bonds is 2. The van der Waals surface area contributed by atoms with Gasteiger partial charge in [-0.3, -0.25) is 9.78 Å². The Morgan fingerprint density at radius 1 is 1.29 bits per heavy atom. The number of nitrogens with zero attached hydrogens (tertiary/aromatic N) is 1. The highest BCUT2D eigenvalue weighted by Crippen LogP contribution is 2.23. The molecule has 17 heavy (non-hydrogen) atoms. The Morgan fingerprint density at radius 2 is 2.06 bits per heavy atom. The molecule has 2 rings (SSSR count). The molecule has 0 saturated heterocycles. The highest BCUT2D eigenvalue weighted by Gasteiger charge is 2.14. The van der Waals surface area contributed by atoms with Crippen molar-refractivity contribution >= 4 is 33.3 Å². The van der Waals surface area contributed by atoms with Crippen molar-refractivity contribution in [3.05, 3.63) is 63.1 Å². The molecule has 0 unspecified atom stereocenters. The average molecular weight is 315 g/mol. The summed E-state index contributed by atoms with van der Waals surface area (Å²) in [6.07, 6.45) is 2.35. The molecule has 0 atom stereocenters. The second-order valence-corrected chi connectivity index (χ2v) is 4.67. The van der Waals surface area contributed by atoms with E-state index in [1.165, 1.54) is 6.20 Å². The third-order valence-electron chi connectivity index (χ3n) is 2.14. The number of carbonyl (C=O) groups excluding carboxylic acids is 1. The number of carbonyl (C=O) groups is 1. The van der Waals surface area contributed by atoms with E-state index in [-0.39, 0.29) is 11.3 Å². The predicted octanol–water partition coefficient (Wildman–Crippen LogP) is 3.87. The third kappa shape index (κ3) is 2.70. The minimum atomic E-state index is -0.554. The number of benzene rings is 1. The van der Waals surface area contributed by atoms with Gasteiger partial charge in [-0.05, 0) is 24.3 Å². The van der Waals surface area contributed by atoms with Gasteiger partial charge in [0.1, 0.15) is 5.82 Å². The topological polar surface area (TPSA) is 30.0 Å². The van der Waals surface area contributed by atoms with E-state index < -0.39 is 5.82 Å². The molecule has 0 saturated carbocycles. The number of hydrogen-bond donors (Lipinski definition) is 0. The van der Waals surface area contributed by atoms with Crippen molar-refractivity contribution in [2.75, 3.05) is 0 Å². The van der Waals surface area contributed by atoms with Crippen LogP contribution < -0.4 is 0 Å². The second-order valence-electron chi connectivity index (χ2n) is 3.35. The lowest BCUT2D eigenvalue weighted by Gasteiger charge is -2.04. The lowest BCUT2D eigenvalue weighted by atomic mass is 10.1. The van der Waals surface area contributed by atoms with Crippen LogP contribution >= 0.6 is 27.5 Å². The Labute approximate surface area is 111 Å². The summed E-state index contributed by atoms with van der Waals surface area (Å²) in [5.74, 6) is -0.912. The summed E-state index contributed by atoms with van der Waals surface area (Å²) in [5.41, 5.74) is 0.485. The van der Waals surface area contributed by atoms with Gasteiger partial charge in [0.05, 0.1) is 11.2 Å². The van der Waals surface area contributed by atoms with Crippen LogP contribution in [0.3, 0.4) is 0 Å². The molecule has 1 aromatic heterocycles. The Kier molecular flexibility index (Phi) is 3.54. The fourth-order valence-electron chi connectivity index (χ4n) is 1.36. The van der Waals surface area contributed by atoms with Gasteiger partial charge in [-0.25, -0.2) is 4.39 Å². The van der Waals surface area contributed by atoms with Crippen molar-refractivity contribution in [2.24, 2.45) is 0 Å². The molecule has 1 heterocycles. The standard InChI is InChI=1S/C12H6BrClFNO/c13-8-1-2-11(14)10(4-8)12(17)7-3-9(15)6-16-5-7/h1-6H. The van der Waals surface area contributed by atoms with Crippen LogP contribution in [-0.4, -0.2) is 10.8 Å². The van der Waals surface area contributed by atoms with Crippen LogP contribution in [-0.2, 0) is 0 Å². The fraction of sp³-hybridized carbons (Fsp3) is 0. The van der Waals surface area contributed by atoms with Gasteiger partial charge in [-0.2, -0.15) is 0 Å². The molecule has 0 amide bonds. The van der Waals surface area contributed by atoms with Crippen LogP contribution in [0.25, 0.3) is 0 Å². The number of hydrogen-bond acceptors (Lipinski definition) is 2. The van der Waals surface area contributed by atoms with E-state index in [0.29, 0.717) is 10.6 Å². The van der Waals surface area contributed by atoms with E-state index >= 15 is 0 Å². The van der Waals surface area contributed by atoms with Crippen molar-refractivity contribution in [3.63, 3.8) is 0 Å². The molecule has 0 aliphatic rings. The zero-order chi connectivity index (χ0) is 12.4.